The fourth-order valence-corrected chi connectivity index (χ4v) is 4.09. The van der Waals surface area contributed by atoms with E-state index in [4.69, 9.17) is 5.73 Å². The highest BCUT2D eigenvalue weighted by Gasteiger charge is 2.50. The monoisotopic (exact) mass is 207 g/mol. The number of fused-ring (bicyclic) bond motifs is 1. The molecule has 0 aromatic carbocycles. The summed E-state index contributed by atoms with van der Waals surface area (Å²) >= 11 is 1.93. The lowest BCUT2D eigenvalue weighted by atomic mass is 9.82. The molecule has 2 aliphatic rings. The second-order valence-electron chi connectivity index (χ2n) is 4.80. The molecule has 2 N–H and O–H groups in total. The summed E-state index contributed by atoms with van der Waals surface area (Å²) in [5, 5.41) is 2.24. The first-order valence-corrected chi connectivity index (χ1v) is 6.50. The summed E-state index contributed by atoms with van der Waals surface area (Å²) in [6.45, 7) is 0.851. The van der Waals surface area contributed by atoms with Crippen molar-refractivity contribution in [2.75, 3.05) is 6.54 Å². The standard InChI is InChI=1S/C12H17NS/c13-8-10-9-3-7-14-11(9)2-1-4-12(10)5-6-12/h3,7,10H,1-2,4-6,8,13H2. The van der Waals surface area contributed by atoms with E-state index in [0.717, 1.165) is 6.54 Å². The van der Waals surface area contributed by atoms with Gasteiger partial charge in [-0.2, -0.15) is 0 Å². The fraction of sp³-hybridized carbons (Fsp3) is 0.667. The predicted octanol–water partition coefficient (Wildman–Crippen LogP) is 2.91. The lowest BCUT2D eigenvalue weighted by Gasteiger charge is -2.23. The van der Waals surface area contributed by atoms with Crippen molar-refractivity contribution in [2.24, 2.45) is 11.1 Å². The van der Waals surface area contributed by atoms with Crippen molar-refractivity contribution >= 4 is 11.3 Å². The van der Waals surface area contributed by atoms with Gasteiger partial charge in [0.05, 0.1) is 0 Å². The lowest BCUT2D eigenvalue weighted by Crippen LogP contribution is -2.21. The van der Waals surface area contributed by atoms with Gasteiger partial charge in [0, 0.05) is 10.8 Å². The zero-order valence-electron chi connectivity index (χ0n) is 8.46. The van der Waals surface area contributed by atoms with Crippen LogP contribution in [0.1, 0.15) is 42.0 Å². The summed E-state index contributed by atoms with van der Waals surface area (Å²) in [5.41, 5.74) is 8.18. The number of hydrogen-bond acceptors (Lipinski definition) is 2. The Morgan fingerprint density at radius 2 is 2.29 bits per heavy atom. The van der Waals surface area contributed by atoms with Crippen LogP contribution in [0.25, 0.3) is 0 Å². The first-order chi connectivity index (χ1) is 6.86. The Morgan fingerprint density at radius 1 is 1.43 bits per heavy atom. The molecule has 76 valence electrons. The van der Waals surface area contributed by atoms with Gasteiger partial charge in [-0.15, -0.1) is 11.3 Å². The molecule has 1 nitrogen and oxygen atoms in total. The van der Waals surface area contributed by atoms with Gasteiger partial charge in [0.25, 0.3) is 0 Å². The van der Waals surface area contributed by atoms with Gasteiger partial charge < -0.3 is 5.73 Å². The molecule has 0 aliphatic heterocycles. The minimum atomic E-state index is 0.626. The van der Waals surface area contributed by atoms with Crippen molar-refractivity contribution in [1.82, 2.24) is 0 Å². The summed E-state index contributed by atoms with van der Waals surface area (Å²) in [5.74, 6) is 0.672. The highest BCUT2D eigenvalue weighted by atomic mass is 32.1. The molecule has 2 heteroatoms. The second kappa shape index (κ2) is 3.07. The highest BCUT2D eigenvalue weighted by molar-refractivity contribution is 7.10. The van der Waals surface area contributed by atoms with E-state index in [1.54, 1.807) is 10.4 Å². The Kier molecular flexibility index (Phi) is 1.96. The van der Waals surface area contributed by atoms with Crippen LogP contribution in [0, 0.1) is 5.41 Å². The number of thiophene rings is 1. The highest BCUT2D eigenvalue weighted by Crippen LogP contribution is 2.61. The average Bonchev–Trinajstić information content (AvgIpc) is 2.86. The van der Waals surface area contributed by atoms with Gasteiger partial charge in [-0.3, -0.25) is 0 Å². The third-order valence-electron chi connectivity index (χ3n) is 4.10. The molecule has 1 heterocycles. The van der Waals surface area contributed by atoms with Crippen LogP contribution in [0.3, 0.4) is 0 Å². The molecule has 1 unspecified atom stereocenters. The van der Waals surface area contributed by atoms with Gasteiger partial charge in [0.15, 0.2) is 0 Å². The van der Waals surface area contributed by atoms with Gasteiger partial charge >= 0.3 is 0 Å². The van der Waals surface area contributed by atoms with Crippen molar-refractivity contribution < 1.29 is 0 Å². The molecule has 1 aromatic heterocycles. The van der Waals surface area contributed by atoms with Crippen LogP contribution >= 0.6 is 11.3 Å². The van der Waals surface area contributed by atoms with Crippen LogP contribution in [-0.4, -0.2) is 6.54 Å². The van der Waals surface area contributed by atoms with Crippen LogP contribution in [0.5, 0.6) is 0 Å². The van der Waals surface area contributed by atoms with Crippen LogP contribution in [0.4, 0.5) is 0 Å². The molecule has 1 spiro atoms. The molecule has 1 saturated carbocycles. The molecule has 1 atom stereocenters. The molecule has 0 amide bonds. The van der Waals surface area contributed by atoms with Crippen molar-refractivity contribution in [1.29, 1.82) is 0 Å². The van der Waals surface area contributed by atoms with Gasteiger partial charge in [0.2, 0.25) is 0 Å². The molecule has 2 aliphatic carbocycles. The maximum atomic E-state index is 5.97. The Hall–Kier alpha value is -0.340. The minimum Gasteiger partial charge on any atom is -0.330 e. The van der Waals surface area contributed by atoms with E-state index in [1.165, 1.54) is 32.1 Å². The van der Waals surface area contributed by atoms with E-state index in [2.05, 4.69) is 11.4 Å². The molecule has 0 bridgehead atoms. The quantitative estimate of drug-likeness (QED) is 0.753. The smallest absolute Gasteiger partial charge is 0.00807 e. The maximum absolute atomic E-state index is 5.97. The minimum absolute atomic E-state index is 0.626. The van der Waals surface area contributed by atoms with E-state index < -0.39 is 0 Å². The molecule has 1 fully saturated rings. The van der Waals surface area contributed by atoms with Crippen LogP contribution in [0.15, 0.2) is 11.4 Å². The lowest BCUT2D eigenvalue weighted by molar-refractivity contribution is 0.378. The predicted molar refractivity (Wildman–Crippen MR) is 60.7 cm³/mol. The average molecular weight is 207 g/mol. The van der Waals surface area contributed by atoms with E-state index in [-0.39, 0.29) is 0 Å². The third-order valence-corrected chi connectivity index (χ3v) is 5.10. The summed E-state index contributed by atoms with van der Waals surface area (Å²) in [7, 11) is 0. The topological polar surface area (TPSA) is 26.0 Å². The molecule has 3 rings (SSSR count). The van der Waals surface area contributed by atoms with Gasteiger partial charge in [0.1, 0.15) is 0 Å². The van der Waals surface area contributed by atoms with Crippen molar-refractivity contribution in [3.8, 4) is 0 Å². The molecule has 14 heavy (non-hydrogen) atoms. The van der Waals surface area contributed by atoms with Crippen molar-refractivity contribution in [2.45, 2.75) is 38.0 Å². The summed E-state index contributed by atoms with van der Waals surface area (Å²) in [6.07, 6.45) is 6.93. The van der Waals surface area contributed by atoms with Crippen molar-refractivity contribution in [3.63, 3.8) is 0 Å². The Balaban J connectivity index is 2.03. The zero-order chi connectivity index (χ0) is 9.60. The van der Waals surface area contributed by atoms with Gasteiger partial charge in [-0.05, 0) is 61.1 Å². The van der Waals surface area contributed by atoms with Gasteiger partial charge in [-0.25, -0.2) is 0 Å². The van der Waals surface area contributed by atoms with Crippen LogP contribution in [-0.2, 0) is 6.42 Å². The van der Waals surface area contributed by atoms with Gasteiger partial charge in [-0.1, -0.05) is 0 Å². The summed E-state index contributed by atoms with van der Waals surface area (Å²) in [4.78, 5) is 1.62. The molecule has 1 aromatic rings. The largest absolute Gasteiger partial charge is 0.330 e. The summed E-state index contributed by atoms with van der Waals surface area (Å²) < 4.78 is 0. The number of nitrogens with two attached hydrogens (primary N) is 1. The Morgan fingerprint density at radius 3 is 3.00 bits per heavy atom. The first kappa shape index (κ1) is 8.93. The number of hydrogen-bond donors (Lipinski definition) is 1. The SMILES string of the molecule is NCC1c2ccsc2CCCC12CC2. The molecule has 0 saturated heterocycles. The Labute approximate surface area is 89.3 Å². The normalized spacial score (nSPS) is 28.5. The molecular weight excluding hydrogens is 190 g/mol. The van der Waals surface area contributed by atoms with Crippen LogP contribution in [0.2, 0.25) is 0 Å². The Bertz CT molecular complexity index is 338. The first-order valence-electron chi connectivity index (χ1n) is 5.62. The maximum Gasteiger partial charge on any atom is 0.00807 e. The van der Waals surface area contributed by atoms with Crippen molar-refractivity contribution in [3.05, 3.63) is 21.9 Å². The molecular formula is C12H17NS. The summed E-state index contributed by atoms with van der Waals surface area (Å²) in [6, 6.07) is 2.32. The van der Waals surface area contributed by atoms with E-state index >= 15 is 0 Å². The third kappa shape index (κ3) is 1.17. The number of rotatable bonds is 1. The zero-order valence-corrected chi connectivity index (χ0v) is 9.28. The fourth-order valence-electron chi connectivity index (χ4n) is 3.11. The molecule has 0 radical (unpaired) electrons. The van der Waals surface area contributed by atoms with E-state index in [0.29, 0.717) is 11.3 Å². The van der Waals surface area contributed by atoms with Crippen LogP contribution < -0.4 is 5.73 Å². The number of aryl methyl sites for hydroxylation is 1. The van der Waals surface area contributed by atoms with E-state index in [9.17, 15) is 0 Å². The second-order valence-corrected chi connectivity index (χ2v) is 5.80. The van der Waals surface area contributed by atoms with E-state index in [1.807, 2.05) is 11.3 Å².